The van der Waals surface area contributed by atoms with E-state index in [0.29, 0.717) is 13.0 Å². The summed E-state index contributed by atoms with van der Waals surface area (Å²) >= 11 is 0. The smallest absolute Gasteiger partial charge is 0.236 e. The van der Waals surface area contributed by atoms with Gasteiger partial charge < -0.3 is 16.4 Å². The Bertz CT molecular complexity index is 242. The molecule has 2 atom stereocenters. The van der Waals surface area contributed by atoms with Gasteiger partial charge in [0.25, 0.3) is 0 Å². The summed E-state index contributed by atoms with van der Waals surface area (Å²) < 4.78 is 0. The molecule has 0 aromatic heterocycles. The van der Waals surface area contributed by atoms with E-state index in [0.717, 1.165) is 6.42 Å². The summed E-state index contributed by atoms with van der Waals surface area (Å²) in [5.41, 5.74) is 10.5. The molecular weight excluding hydrogens is 182 g/mol. The van der Waals surface area contributed by atoms with Crippen molar-refractivity contribution >= 4 is 11.8 Å². The van der Waals surface area contributed by atoms with Crippen LogP contribution in [-0.2, 0) is 9.59 Å². The fourth-order valence-corrected chi connectivity index (χ4v) is 2.12. The largest absolute Gasteiger partial charge is 0.369 e. The summed E-state index contributed by atoms with van der Waals surface area (Å²) in [5, 5.41) is 0. The molecule has 1 heterocycles. The van der Waals surface area contributed by atoms with E-state index in [1.54, 1.807) is 4.90 Å². The number of carbonyl (C=O) groups excluding carboxylic acids is 2. The van der Waals surface area contributed by atoms with Gasteiger partial charge in [0, 0.05) is 12.6 Å². The van der Waals surface area contributed by atoms with Crippen molar-refractivity contribution < 1.29 is 9.59 Å². The van der Waals surface area contributed by atoms with Crippen LogP contribution in [0.3, 0.4) is 0 Å². The van der Waals surface area contributed by atoms with E-state index in [9.17, 15) is 9.59 Å². The first-order valence-electron chi connectivity index (χ1n) is 4.90. The molecule has 0 bridgehead atoms. The van der Waals surface area contributed by atoms with Gasteiger partial charge in [0.15, 0.2) is 0 Å². The maximum Gasteiger partial charge on any atom is 0.236 e. The highest BCUT2D eigenvalue weighted by Crippen LogP contribution is 2.26. The van der Waals surface area contributed by atoms with Crippen LogP contribution in [0.2, 0.25) is 0 Å². The Hall–Kier alpha value is -1.10. The molecule has 14 heavy (non-hydrogen) atoms. The molecule has 1 aliphatic heterocycles. The summed E-state index contributed by atoms with van der Waals surface area (Å²) in [6, 6.07) is -0.0523. The lowest BCUT2D eigenvalue weighted by atomic mass is 9.98. The van der Waals surface area contributed by atoms with E-state index in [2.05, 4.69) is 0 Å². The maximum absolute atomic E-state index is 11.4. The van der Waals surface area contributed by atoms with Crippen molar-refractivity contribution in [2.24, 2.45) is 17.4 Å². The zero-order chi connectivity index (χ0) is 10.7. The number of rotatable bonds is 3. The molecule has 0 spiro atoms. The first-order chi connectivity index (χ1) is 6.61. The molecule has 0 aliphatic carbocycles. The van der Waals surface area contributed by atoms with Crippen LogP contribution >= 0.6 is 0 Å². The van der Waals surface area contributed by atoms with E-state index in [4.69, 9.17) is 11.5 Å². The normalized spacial score (nSPS) is 26.6. The van der Waals surface area contributed by atoms with Gasteiger partial charge in [-0.05, 0) is 12.8 Å². The SMILES string of the molecule is CC[C@H]1[C@@H](C(N)=O)CCN1C(=O)CN. The van der Waals surface area contributed by atoms with Crippen LogP contribution in [0.1, 0.15) is 19.8 Å². The summed E-state index contributed by atoms with van der Waals surface area (Å²) in [5.74, 6) is -0.611. The number of carbonyl (C=O) groups is 2. The van der Waals surface area contributed by atoms with Gasteiger partial charge in [-0.25, -0.2) is 0 Å². The van der Waals surface area contributed by atoms with Gasteiger partial charge in [-0.2, -0.15) is 0 Å². The van der Waals surface area contributed by atoms with Gasteiger partial charge >= 0.3 is 0 Å². The van der Waals surface area contributed by atoms with Crippen molar-refractivity contribution in [2.75, 3.05) is 13.1 Å². The van der Waals surface area contributed by atoms with E-state index < -0.39 is 0 Å². The van der Waals surface area contributed by atoms with E-state index in [1.165, 1.54) is 0 Å². The highest BCUT2D eigenvalue weighted by Gasteiger charge is 2.38. The number of nitrogens with zero attached hydrogens (tertiary/aromatic N) is 1. The van der Waals surface area contributed by atoms with Gasteiger partial charge in [-0.3, -0.25) is 9.59 Å². The maximum atomic E-state index is 11.4. The Morgan fingerprint density at radius 2 is 2.14 bits per heavy atom. The summed E-state index contributed by atoms with van der Waals surface area (Å²) in [6.07, 6.45) is 1.42. The van der Waals surface area contributed by atoms with Crippen LogP contribution < -0.4 is 11.5 Å². The van der Waals surface area contributed by atoms with Crippen LogP contribution in [0.4, 0.5) is 0 Å². The zero-order valence-corrected chi connectivity index (χ0v) is 8.40. The molecule has 0 aromatic rings. The van der Waals surface area contributed by atoms with Gasteiger partial charge in [-0.1, -0.05) is 6.92 Å². The molecule has 0 aromatic carbocycles. The monoisotopic (exact) mass is 199 g/mol. The molecule has 5 nitrogen and oxygen atoms in total. The minimum atomic E-state index is -0.316. The lowest BCUT2D eigenvalue weighted by Gasteiger charge is -2.25. The van der Waals surface area contributed by atoms with Crippen molar-refractivity contribution in [1.82, 2.24) is 4.90 Å². The number of amides is 2. The van der Waals surface area contributed by atoms with E-state index >= 15 is 0 Å². The van der Waals surface area contributed by atoms with Gasteiger partial charge in [0.1, 0.15) is 0 Å². The molecular formula is C9H17N3O2. The molecule has 2 amide bonds. The molecule has 1 aliphatic rings. The quantitative estimate of drug-likeness (QED) is 0.614. The predicted molar refractivity (Wildman–Crippen MR) is 52.1 cm³/mol. The predicted octanol–water partition coefficient (Wildman–Crippen LogP) is -0.942. The molecule has 80 valence electrons. The second kappa shape index (κ2) is 4.41. The topological polar surface area (TPSA) is 89.4 Å². The highest BCUT2D eigenvalue weighted by atomic mass is 16.2. The van der Waals surface area contributed by atoms with Crippen LogP contribution in [0.15, 0.2) is 0 Å². The third-order valence-electron chi connectivity index (χ3n) is 2.82. The van der Waals surface area contributed by atoms with Crippen molar-refractivity contribution in [1.29, 1.82) is 0 Å². The second-order valence-corrected chi connectivity index (χ2v) is 3.56. The highest BCUT2D eigenvalue weighted by molar-refractivity contribution is 5.82. The van der Waals surface area contributed by atoms with Crippen molar-refractivity contribution in [3.05, 3.63) is 0 Å². The fourth-order valence-electron chi connectivity index (χ4n) is 2.12. The lowest BCUT2D eigenvalue weighted by Crippen LogP contribution is -2.43. The minimum absolute atomic E-state index is 0.00197. The average Bonchev–Trinajstić information content (AvgIpc) is 2.59. The Labute approximate surface area is 83.4 Å². The van der Waals surface area contributed by atoms with Crippen LogP contribution in [0.5, 0.6) is 0 Å². The first-order valence-corrected chi connectivity index (χ1v) is 4.90. The van der Waals surface area contributed by atoms with Crippen LogP contribution in [-0.4, -0.2) is 35.8 Å². The molecule has 1 saturated heterocycles. The third kappa shape index (κ3) is 1.87. The summed E-state index contributed by atoms with van der Waals surface area (Å²) in [7, 11) is 0. The van der Waals surface area contributed by atoms with Crippen LogP contribution in [0, 0.1) is 5.92 Å². The summed E-state index contributed by atoms with van der Waals surface area (Å²) in [4.78, 5) is 24.2. The molecule has 5 heteroatoms. The summed E-state index contributed by atoms with van der Waals surface area (Å²) in [6.45, 7) is 2.55. The molecule has 1 fully saturated rings. The molecule has 1 rings (SSSR count). The Morgan fingerprint density at radius 3 is 2.57 bits per heavy atom. The number of nitrogens with two attached hydrogens (primary N) is 2. The van der Waals surface area contributed by atoms with Gasteiger partial charge in [0.05, 0.1) is 12.5 Å². The molecule has 4 N–H and O–H groups in total. The fraction of sp³-hybridized carbons (Fsp3) is 0.778. The standard InChI is InChI=1S/C9H17N3O2/c1-2-7-6(9(11)14)3-4-12(7)8(13)5-10/h6-7H,2-5,10H2,1H3,(H2,11,14)/t6-,7-/m0/s1. The molecule has 0 radical (unpaired) electrons. The molecule has 0 saturated carbocycles. The first kappa shape index (κ1) is 11.0. The van der Waals surface area contributed by atoms with Crippen molar-refractivity contribution in [2.45, 2.75) is 25.8 Å². The Balaban J connectivity index is 2.73. The van der Waals surface area contributed by atoms with Gasteiger partial charge in [-0.15, -0.1) is 0 Å². The number of likely N-dealkylation sites (tertiary alicyclic amines) is 1. The number of primary amides is 1. The number of hydrogen-bond acceptors (Lipinski definition) is 3. The van der Waals surface area contributed by atoms with Crippen LogP contribution in [0.25, 0.3) is 0 Å². The number of hydrogen-bond donors (Lipinski definition) is 2. The Morgan fingerprint density at radius 1 is 1.50 bits per heavy atom. The minimum Gasteiger partial charge on any atom is -0.369 e. The van der Waals surface area contributed by atoms with Gasteiger partial charge in [0.2, 0.25) is 11.8 Å². The second-order valence-electron chi connectivity index (χ2n) is 3.56. The van der Waals surface area contributed by atoms with Crippen molar-refractivity contribution in [3.63, 3.8) is 0 Å². The Kier molecular flexibility index (Phi) is 3.46. The van der Waals surface area contributed by atoms with Crippen molar-refractivity contribution in [3.8, 4) is 0 Å². The zero-order valence-electron chi connectivity index (χ0n) is 8.40. The van der Waals surface area contributed by atoms with E-state index in [1.807, 2.05) is 6.92 Å². The lowest BCUT2D eigenvalue weighted by molar-refractivity contribution is -0.131. The average molecular weight is 199 g/mol. The van der Waals surface area contributed by atoms with E-state index in [-0.39, 0.29) is 30.3 Å². The third-order valence-corrected chi connectivity index (χ3v) is 2.82. The molecule has 0 unspecified atom stereocenters.